The van der Waals surface area contributed by atoms with Gasteiger partial charge in [-0.3, -0.25) is 9.59 Å². The molecule has 2 N–H and O–H groups in total. The van der Waals surface area contributed by atoms with E-state index < -0.39 is 34.2 Å². The lowest BCUT2D eigenvalue weighted by Gasteiger charge is -2.21. The third-order valence-electron chi connectivity index (χ3n) is 4.88. The van der Waals surface area contributed by atoms with Crippen LogP contribution >= 0.6 is 34.2 Å². The van der Waals surface area contributed by atoms with Gasteiger partial charge in [0, 0.05) is 13.1 Å². The van der Waals surface area contributed by atoms with Gasteiger partial charge < -0.3 is 29.6 Å². The number of rotatable bonds is 8. The zero-order chi connectivity index (χ0) is 26.2. The summed E-state index contributed by atoms with van der Waals surface area (Å²) in [5.41, 5.74) is -2.17. The lowest BCUT2D eigenvalue weighted by atomic mass is 10.1. The average molecular weight is 619 g/mol. The summed E-state index contributed by atoms with van der Waals surface area (Å²) < 4.78 is 20.2. The molecule has 10 nitrogen and oxygen atoms in total. The fourth-order valence-electron chi connectivity index (χ4n) is 2.72. The summed E-state index contributed by atoms with van der Waals surface area (Å²) in [6.07, 6.45) is 1.92. The number of halogens is 2. The van der Waals surface area contributed by atoms with E-state index in [-0.39, 0.29) is 31.1 Å². The predicted octanol–water partition coefficient (Wildman–Crippen LogP) is 4.26. The first kappa shape index (κ1) is 30.5. The summed E-state index contributed by atoms with van der Waals surface area (Å²) >= 11 is 7.30. The molecule has 0 unspecified atom stereocenters. The van der Waals surface area contributed by atoms with Crippen LogP contribution in [-0.4, -0.2) is 59.1 Å². The molecule has 196 valence electrons. The van der Waals surface area contributed by atoms with Crippen molar-refractivity contribution in [3.05, 3.63) is 0 Å². The van der Waals surface area contributed by atoms with Crippen LogP contribution in [0, 0.1) is 10.8 Å². The molecule has 2 fully saturated rings. The lowest BCUT2D eigenvalue weighted by molar-refractivity contribution is -0.148. The summed E-state index contributed by atoms with van der Waals surface area (Å²) in [7, 11) is 0. The molecule has 0 aromatic rings. The van der Waals surface area contributed by atoms with Crippen LogP contribution in [0.5, 0.6) is 0 Å². The Kier molecular flexibility index (Phi) is 11.2. The molecular formula is C22H36ClIN2O8. The minimum Gasteiger partial charge on any atom is -0.455 e. The Balaban J connectivity index is 0.000000340. The van der Waals surface area contributed by atoms with E-state index in [0.29, 0.717) is 17.5 Å². The van der Waals surface area contributed by atoms with Crippen LogP contribution in [0.2, 0.25) is 0 Å². The molecule has 0 bridgehead atoms. The predicted molar refractivity (Wildman–Crippen MR) is 134 cm³/mol. The number of nitrogens with one attached hydrogen (secondary N) is 2. The Morgan fingerprint density at radius 1 is 0.765 bits per heavy atom. The Bertz CT molecular complexity index is 678. The normalized spacial score (nSPS) is 17.2. The van der Waals surface area contributed by atoms with Crippen molar-refractivity contribution < 1.29 is 38.1 Å². The van der Waals surface area contributed by atoms with Crippen molar-refractivity contribution in [1.82, 2.24) is 10.6 Å². The number of hydrogen-bond acceptors (Lipinski definition) is 8. The van der Waals surface area contributed by atoms with Crippen molar-refractivity contribution in [1.29, 1.82) is 0 Å². The highest BCUT2D eigenvalue weighted by Crippen LogP contribution is 2.47. The Hall–Kier alpha value is -1.50. The standard InChI is InChI=1S/C11H18ClNO4.C11H18INO4/c2*1-10(2,3)17-9(15)13-6-11(4-5-11)8(14)16-7-12/h2*4-7H2,1-3H3,(H,13,15). The molecule has 0 heterocycles. The smallest absolute Gasteiger partial charge is 0.407 e. The summed E-state index contributed by atoms with van der Waals surface area (Å²) in [4.78, 5) is 46.0. The number of alkyl carbamates (subject to hydrolysis) is 2. The number of ether oxygens (including phenoxy) is 4. The summed E-state index contributed by atoms with van der Waals surface area (Å²) in [5, 5.41) is 5.19. The molecular weight excluding hydrogens is 583 g/mol. The van der Waals surface area contributed by atoms with Crippen molar-refractivity contribution in [2.75, 3.05) is 23.8 Å². The highest BCUT2D eigenvalue weighted by molar-refractivity contribution is 14.1. The second-order valence-corrected chi connectivity index (χ2v) is 11.2. The van der Waals surface area contributed by atoms with Crippen LogP contribution in [0.3, 0.4) is 0 Å². The summed E-state index contributed by atoms with van der Waals surface area (Å²) in [6.45, 7) is 11.2. The van der Waals surface area contributed by atoms with Gasteiger partial charge >= 0.3 is 24.1 Å². The molecule has 0 spiro atoms. The van der Waals surface area contributed by atoms with Crippen LogP contribution in [0.25, 0.3) is 0 Å². The van der Waals surface area contributed by atoms with Crippen LogP contribution in [0.4, 0.5) is 9.59 Å². The largest absolute Gasteiger partial charge is 0.455 e. The third-order valence-corrected chi connectivity index (χ3v) is 5.30. The first-order valence-corrected chi connectivity index (χ1v) is 13.0. The molecule has 0 aromatic heterocycles. The van der Waals surface area contributed by atoms with Gasteiger partial charge in [-0.25, -0.2) is 9.59 Å². The fourth-order valence-corrected chi connectivity index (χ4v) is 3.11. The minimum atomic E-state index is -0.591. The molecule has 0 aromatic carbocycles. The molecule has 0 atom stereocenters. The van der Waals surface area contributed by atoms with Gasteiger partial charge in [0.25, 0.3) is 0 Å². The second-order valence-electron chi connectivity index (χ2n) is 10.4. The van der Waals surface area contributed by atoms with Gasteiger partial charge in [-0.1, -0.05) is 11.6 Å². The molecule has 2 rings (SSSR count). The Morgan fingerprint density at radius 3 is 1.38 bits per heavy atom. The number of hydrogen-bond donors (Lipinski definition) is 2. The second kappa shape index (κ2) is 12.5. The van der Waals surface area contributed by atoms with Gasteiger partial charge in [0.1, 0.15) is 15.8 Å². The lowest BCUT2D eigenvalue weighted by Crippen LogP contribution is -2.38. The first-order valence-electron chi connectivity index (χ1n) is 11.0. The summed E-state index contributed by atoms with van der Waals surface area (Å²) in [6, 6.07) is -0.160. The van der Waals surface area contributed by atoms with Gasteiger partial charge in [0.05, 0.1) is 10.8 Å². The topological polar surface area (TPSA) is 129 Å². The zero-order valence-electron chi connectivity index (χ0n) is 20.7. The van der Waals surface area contributed by atoms with E-state index in [1.165, 1.54) is 0 Å². The maximum atomic E-state index is 11.6. The molecule has 2 amide bonds. The van der Waals surface area contributed by atoms with E-state index in [0.717, 1.165) is 12.8 Å². The minimum absolute atomic E-state index is 0.160. The maximum absolute atomic E-state index is 11.6. The van der Waals surface area contributed by atoms with Gasteiger partial charge in [0.15, 0.2) is 6.07 Å². The number of alkyl halides is 2. The maximum Gasteiger partial charge on any atom is 0.407 e. The molecule has 2 aliphatic rings. The van der Waals surface area contributed by atoms with E-state index in [1.54, 1.807) is 41.5 Å². The van der Waals surface area contributed by atoms with Crippen molar-refractivity contribution in [2.45, 2.75) is 78.4 Å². The van der Waals surface area contributed by atoms with E-state index >= 15 is 0 Å². The molecule has 34 heavy (non-hydrogen) atoms. The molecule has 0 saturated heterocycles. The monoisotopic (exact) mass is 618 g/mol. The van der Waals surface area contributed by atoms with E-state index in [2.05, 4.69) is 10.6 Å². The van der Waals surface area contributed by atoms with Crippen molar-refractivity contribution in [3.8, 4) is 0 Å². The fraction of sp³-hybridized carbons (Fsp3) is 0.818. The van der Waals surface area contributed by atoms with Crippen molar-refractivity contribution in [3.63, 3.8) is 0 Å². The molecule has 2 saturated carbocycles. The van der Waals surface area contributed by atoms with Crippen LogP contribution < -0.4 is 10.6 Å². The third kappa shape index (κ3) is 11.3. The molecule has 2 aliphatic carbocycles. The Labute approximate surface area is 219 Å². The van der Waals surface area contributed by atoms with Crippen LogP contribution in [0.1, 0.15) is 67.2 Å². The quantitative estimate of drug-likeness (QED) is 0.179. The molecule has 12 heteroatoms. The highest BCUT2D eigenvalue weighted by atomic mass is 127. The van der Waals surface area contributed by atoms with Gasteiger partial charge in [-0.05, 0) is 89.8 Å². The van der Waals surface area contributed by atoms with Gasteiger partial charge in [0.2, 0.25) is 0 Å². The molecule has 0 radical (unpaired) electrons. The van der Waals surface area contributed by atoms with E-state index in [4.69, 9.17) is 30.5 Å². The van der Waals surface area contributed by atoms with E-state index in [1.807, 2.05) is 22.6 Å². The van der Waals surface area contributed by atoms with E-state index in [9.17, 15) is 19.2 Å². The summed E-state index contributed by atoms with van der Waals surface area (Å²) in [5.74, 6) is -0.591. The van der Waals surface area contributed by atoms with Crippen molar-refractivity contribution in [2.24, 2.45) is 10.8 Å². The SMILES string of the molecule is CC(C)(C)OC(=O)NCC1(C(=O)OCCl)CC1.CC(C)(C)OC(=O)NCC1(C(=O)OCI)CC1. The molecule has 0 aliphatic heterocycles. The number of carbonyl (C=O) groups excluding carboxylic acids is 4. The zero-order valence-corrected chi connectivity index (χ0v) is 23.6. The van der Waals surface area contributed by atoms with Crippen LogP contribution in [-0.2, 0) is 28.5 Å². The first-order chi connectivity index (χ1) is 15.6. The Morgan fingerprint density at radius 2 is 1.12 bits per heavy atom. The number of carbonyl (C=O) groups is 4. The van der Waals surface area contributed by atoms with Crippen LogP contribution in [0.15, 0.2) is 0 Å². The van der Waals surface area contributed by atoms with Crippen molar-refractivity contribution >= 4 is 58.3 Å². The number of amides is 2. The van der Waals surface area contributed by atoms with Gasteiger partial charge in [-0.2, -0.15) is 0 Å². The number of esters is 2. The average Bonchev–Trinajstić information content (AvgIpc) is 3.59. The van der Waals surface area contributed by atoms with Gasteiger partial charge in [-0.15, -0.1) is 0 Å². The highest BCUT2D eigenvalue weighted by Gasteiger charge is 2.52.